The van der Waals surface area contributed by atoms with Crippen LogP contribution in [0.1, 0.15) is 30.6 Å². The zero-order valence-corrected chi connectivity index (χ0v) is 19.0. The van der Waals surface area contributed by atoms with Crippen LogP contribution in [0.15, 0.2) is 46.0 Å². The van der Waals surface area contributed by atoms with E-state index < -0.39 is 0 Å². The van der Waals surface area contributed by atoms with Gasteiger partial charge in [0.1, 0.15) is 17.3 Å². The van der Waals surface area contributed by atoms with Gasteiger partial charge in [0.25, 0.3) is 0 Å². The Labute approximate surface area is 188 Å². The molecule has 0 aliphatic carbocycles. The van der Waals surface area contributed by atoms with Gasteiger partial charge in [-0.15, -0.1) is 24.0 Å². The Morgan fingerprint density at radius 3 is 2.90 bits per heavy atom. The van der Waals surface area contributed by atoms with Gasteiger partial charge in [-0.2, -0.15) is 0 Å². The quantitative estimate of drug-likeness (QED) is 0.316. The van der Waals surface area contributed by atoms with Gasteiger partial charge >= 0.3 is 0 Å². The van der Waals surface area contributed by atoms with Gasteiger partial charge in [-0.3, -0.25) is 0 Å². The van der Waals surface area contributed by atoms with E-state index in [4.69, 9.17) is 13.9 Å². The number of guanidine groups is 1. The van der Waals surface area contributed by atoms with Gasteiger partial charge in [0.15, 0.2) is 5.96 Å². The lowest BCUT2D eigenvalue weighted by Gasteiger charge is -2.23. The van der Waals surface area contributed by atoms with Crippen LogP contribution < -0.4 is 15.4 Å². The lowest BCUT2D eigenvalue weighted by molar-refractivity contribution is 0.0194. The molecule has 1 saturated heterocycles. The number of ether oxygens (including phenoxy) is 2. The minimum absolute atomic E-state index is 0. The third-order valence-electron chi connectivity index (χ3n) is 4.60. The van der Waals surface area contributed by atoms with Gasteiger partial charge in [0.2, 0.25) is 0 Å². The van der Waals surface area contributed by atoms with E-state index in [9.17, 15) is 4.39 Å². The molecule has 2 heterocycles. The number of methoxy groups -OCH3 is 1. The van der Waals surface area contributed by atoms with Crippen LogP contribution in [-0.4, -0.2) is 38.9 Å². The second-order valence-electron chi connectivity index (χ2n) is 6.79. The van der Waals surface area contributed by atoms with Crippen molar-refractivity contribution in [3.8, 4) is 5.75 Å². The van der Waals surface area contributed by atoms with E-state index >= 15 is 0 Å². The van der Waals surface area contributed by atoms with E-state index in [1.165, 1.54) is 25.7 Å². The monoisotopic (exact) mass is 517 g/mol. The SMILES string of the molecule is COc1cc(F)cc(CN=C(NCCc2ccco2)NCC2CCCCO2)c1.I. The molecule has 1 fully saturated rings. The highest BCUT2D eigenvalue weighted by atomic mass is 127. The van der Waals surface area contributed by atoms with Crippen molar-refractivity contribution in [1.29, 1.82) is 0 Å². The van der Waals surface area contributed by atoms with Crippen LogP contribution in [0.5, 0.6) is 5.75 Å². The van der Waals surface area contributed by atoms with E-state index in [1.807, 2.05) is 12.1 Å². The highest BCUT2D eigenvalue weighted by molar-refractivity contribution is 14.0. The number of furan rings is 1. The van der Waals surface area contributed by atoms with E-state index in [0.717, 1.165) is 37.2 Å². The first-order valence-corrected chi connectivity index (χ1v) is 9.72. The lowest BCUT2D eigenvalue weighted by Crippen LogP contribution is -2.43. The molecule has 1 aliphatic rings. The number of hydrogen-bond donors (Lipinski definition) is 2. The minimum atomic E-state index is -0.333. The fourth-order valence-electron chi connectivity index (χ4n) is 3.11. The summed E-state index contributed by atoms with van der Waals surface area (Å²) in [4.78, 5) is 4.60. The standard InChI is InChI=1S/C21H28FN3O3.HI/c1-26-20-12-16(11-17(22)13-20)14-24-21(23-8-7-18-6-4-10-27-18)25-15-19-5-2-3-9-28-19;/h4,6,10-13,19H,2-3,5,7-9,14-15H2,1H3,(H2,23,24,25);1H. The van der Waals surface area contributed by atoms with Gasteiger partial charge < -0.3 is 24.5 Å². The van der Waals surface area contributed by atoms with Crippen molar-refractivity contribution in [3.05, 3.63) is 53.7 Å². The predicted molar refractivity (Wildman–Crippen MR) is 122 cm³/mol. The average Bonchev–Trinajstić information content (AvgIpc) is 3.23. The lowest BCUT2D eigenvalue weighted by atomic mass is 10.1. The summed E-state index contributed by atoms with van der Waals surface area (Å²) in [6.07, 6.45) is 5.98. The minimum Gasteiger partial charge on any atom is -0.497 e. The molecule has 2 aromatic rings. The largest absolute Gasteiger partial charge is 0.497 e. The number of rotatable bonds is 8. The molecule has 29 heavy (non-hydrogen) atoms. The fourth-order valence-corrected chi connectivity index (χ4v) is 3.11. The van der Waals surface area contributed by atoms with Crippen LogP contribution >= 0.6 is 24.0 Å². The molecule has 1 aromatic heterocycles. The Balaban J connectivity index is 0.00000300. The Morgan fingerprint density at radius 2 is 2.17 bits per heavy atom. The number of halogens is 2. The smallest absolute Gasteiger partial charge is 0.191 e. The first kappa shape index (κ1) is 23.5. The number of benzene rings is 1. The van der Waals surface area contributed by atoms with Gasteiger partial charge in [-0.05, 0) is 49.1 Å². The second kappa shape index (κ2) is 12.7. The molecule has 0 amide bonds. The third-order valence-corrected chi connectivity index (χ3v) is 4.60. The normalized spacial score (nSPS) is 16.8. The molecule has 1 atom stereocenters. The summed E-state index contributed by atoms with van der Waals surface area (Å²) in [5.41, 5.74) is 0.748. The van der Waals surface area contributed by atoms with Crippen LogP contribution in [0.2, 0.25) is 0 Å². The highest BCUT2D eigenvalue weighted by Crippen LogP contribution is 2.16. The molecule has 1 aliphatic heterocycles. The van der Waals surface area contributed by atoms with Crippen LogP contribution in [0.4, 0.5) is 4.39 Å². The molecule has 2 N–H and O–H groups in total. The molecular weight excluding hydrogens is 488 g/mol. The van der Waals surface area contributed by atoms with Crippen LogP contribution in [-0.2, 0) is 17.7 Å². The number of aliphatic imine (C=N–C) groups is 1. The van der Waals surface area contributed by atoms with Crippen molar-refractivity contribution < 1.29 is 18.3 Å². The molecule has 160 valence electrons. The second-order valence-corrected chi connectivity index (χ2v) is 6.79. The van der Waals surface area contributed by atoms with Crippen molar-refractivity contribution in [2.75, 3.05) is 26.8 Å². The zero-order valence-electron chi connectivity index (χ0n) is 16.7. The summed E-state index contributed by atoms with van der Waals surface area (Å²) in [5, 5.41) is 6.65. The third kappa shape index (κ3) is 8.22. The van der Waals surface area contributed by atoms with Crippen molar-refractivity contribution in [2.24, 2.45) is 4.99 Å². The average molecular weight is 517 g/mol. The molecule has 8 heteroatoms. The van der Waals surface area contributed by atoms with E-state index in [1.54, 1.807) is 12.3 Å². The molecule has 0 saturated carbocycles. The summed E-state index contributed by atoms with van der Waals surface area (Å²) in [7, 11) is 1.52. The van der Waals surface area contributed by atoms with Crippen LogP contribution in [0, 0.1) is 5.82 Å². The Bertz CT molecular complexity index is 750. The molecule has 1 unspecified atom stereocenters. The maximum absolute atomic E-state index is 13.7. The summed E-state index contributed by atoms with van der Waals surface area (Å²) in [5.74, 6) is 1.74. The molecule has 0 spiro atoms. The maximum Gasteiger partial charge on any atom is 0.191 e. The van der Waals surface area contributed by atoms with E-state index in [0.29, 0.717) is 31.3 Å². The summed E-state index contributed by atoms with van der Waals surface area (Å²) in [6.45, 7) is 2.53. The number of nitrogens with one attached hydrogen (secondary N) is 2. The van der Waals surface area contributed by atoms with Crippen molar-refractivity contribution in [1.82, 2.24) is 10.6 Å². The molecule has 3 rings (SSSR count). The van der Waals surface area contributed by atoms with Gasteiger partial charge in [-0.1, -0.05) is 0 Å². The van der Waals surface area contributed by atoms with Crippen LogP contribution in [0.3, 0.4) is 0 Å². The van der Waals surface area contributed by atoms with Gasteiger partial charge in [0.05, 0.1) is 26.0 Å². The van der Waals surface area contributed by atoms with Gasteiger partial charge in [0, 0.05) is 32.2 Å². The molecular formula is C21H29FIN3O3. The van der Waals surface area contributed by atoms with Crippen molar-refractivity contribution >= 4 is 29.9 Å². The first-order valence-electron chi connectivity index (χ1n) is 9.72. The maximum atomic E-state index is 13.7. The highest BCUT2D eigenvalue weighted by Gasteiger charge is 2.14. The Hall–Kier alpha value is -1.81. The Morgan fingerprint density at radius 1 is 1.28 bits per heavy atom. The summed E-state index contributed by atoms with van der Waals surface area (Å²) >= 11 is 0. The van der Waals surface area contributed by atoms with Crippen LogP contribution in [0.25, 0.3) is 0 Å². The molecule has 0 radical (unpaired) electrons. The number of nitrogens with zero attached hydrogens (tertiary/aromatic N) is 1. The summed E-state index contributed by atoms with van der Waals surface area (Å²) < 4.78 is 30.0. The zero-order chi connectivity index (χ0) is 19.6. The topological polar surface area (TPSA) is 68.0 Å². The summed E-state index contributed by atoms with van der Waals surface area (Å²) in [6, 6.07) is 8.43. The van der Waals surface area contributed by atoms with Gasteiger partial charge in [-0.25, -0.2) is 9.38 Å². The van der Waals surface area contributed by atoms with E-state index in [2.05, 4.69) is 15.6 Å². The van der Waals surface area contributed by atoms with Crippen molar-refractivity contribution in [3.63, 3.8) is 0 Å². The first-order chi connectivity index (χ1) is 13.7. The van der Waals surface area contributed by atoms with Crippen molar-refractivity contribution in [2.45, 2.75) is 38.3 Å². The Kier molecular flexibility index (Phi) is 10.3. The fraction of sp³-hybridized carbons (Fsp3) is 0.476. The molecule has 6 nitrogen and oxygen atoms in total. The number of hydrogen-bond acceptors (Lipinski definition) is 4. The molecule has 1 aromatic carbocycles. The predicted octanol–water partition coefficient (Wildman–Crippen LogP) is 3.89. The van der Waals surface area contributed by atoms with E-state index in [-0.39, 0.29) is 35.9 Å². The molecule has 0 bridgehead atoms.